The maximum Gasteiger partial charge on any atom is 0.153 e. The molecule has 0 radical (unpaired) electrons. The molecule has 0 saturated heterocycles. The second-order valence-electron chi connectivity index (χ2n) is 5.33. The van der Waals surface area contributed by atoms with Crippen molar-refractivity contribution >= 4 is 11.1 Å². The summed E-state index contributed by atoms with van der Waals surface area (Å²) >= 11 is -1.80. The zero-order valence-corrected chi connectivity index (χ0v) is 9.51. The lowest BCUT2D eigenvalue weighted by Gasteiger charge is -2.39. The van der Waals surface area contributed by atoms with Crippen LogP contribution in [-0.4, -0.2) is 25.7 Å². The van der Waals surface area contributed by atoms with Crippen LogP contribution >= 0.6 is 0 Å². The van der Waals surface area contributed by atoms with Gasteiger partial charge in [-0.05, 0) is 30.6 Å². The van der Waals surface area contributed by atoms with Gasteiger partial charge in [-0.3, -0.25) is 0 Å². The minimum atomic E-state index is -1.80. The van der Waals surface area contributed by atoms with Crippen molar-refractivity contribution in [2.45, 2.75) is 39.2 Å². The van der Waals surface area contributed by atoms with Crippen LogP contribution in [0.4, 0.5) is 0 Å². The van der Waals surface area contributed by atoms with Crippen LogP contribution in [0, 0.1) is 16.7 Å². The summed E-state index contributed by atoms with van der Waals surface area (Å²) in [6.45, 7) is 4.27. The Bertz CT molecular complexity index is 277. The fourth-order valence-corrected chi connectivity index (χ4v) is 4.75. The van der Waals surface area contributed by atoms with Crippen molar-refractivity contribution in [1.29, 1.82) is 0 Å². The molecule has 3 nitrogen and oxygen atoms in total. The highest BCUT2D eigenvalue weighted by molar-refractivity contribution is 7.79. The quantitative estimate of drug-likeness (QED) is 0.689. The molecular weight excluding hydrogens is 200 g/mol. The topological polar surface area (TPSA) is 57.5 Å². The fourth-order valence-electron chi connectivity index (χ4n) is 3.60. The Kier molecular flexibility index (Phi) is 2.29. The summed E-state index contributed by atoms with van der Waals surface area (Å²) in [6.07, 6.45) is 2.43. The van der Waals surface area contributed by atoms with Crippen LogP contribution in [0.2, 0.25) is 0 Å². The average Bonchev–Trinajstić information content (AvgIpc) is 2.36. The monoisotopic (exact) mass is 218 g/mol. The van der Waals surface area contributed by atoms with Gasteiger partial charge < -0.3 is 9.66 Å². The van der Waals surface area contributed by atoms with Gasteiger partial charge in [-0.1, -0.05) is 13.8 Å². The van der Waals surface area contributed by atoms with E-state index in [2.05, 4.69) is 13.8 Å². The lowest BCUT2D eigenvalue weighted by molar-refractivity contribution is 0.0152. The molecule has 2 saturated carbocycles. The van der Waals surface area contributed by atoms with Gasteiger partial charge in [0.15, 0.2) is 11.1 Å². The third-order valence-electron chi connectivity index (χ3n) is 4.77. The number of hydrogen-bond donors (Lipinski definition) is 2. The Balaban J connectivity index is 2.34. The SMILES string of the molecule is CC1(C)C2CCC1(CS(=O)O)C(O)C2. The van der Waals surface area contributed by atoms with Gasteiger partial charge >= 0.3 is 0 Å². The van der Waals surface area contributed by atoms with Gasteiger partial charge in [-0.25, -0.2) is 4.21 Å². The molecule has 0 aliphatic heterocycles. The number of aliphatic hydroxyl groups excluding tert-OH is 1. The van der Waals surface area contributed by atoms with E-state index in [9.17, 15) is 9.32 Å². The molecule has 0 spiro atoms. The minimum absolute atomic E-state index is 0.0187. The van der Waals surface area contributed by atoms with E-state index < -0.39 is 11.1 Å². The molecule has 2 rings (SSSR count). The predicted octanol–water partition coefficient (Wildman–Crippen LogP) is 1.40. The molecule has 0 amide bonds. The van der Waals surface area contributed by atoms with Crippen molar-refractivity contribution < 1.29 is 13.9 Å². The molecule has 0 aromatic rings. The Hall–Kier alpha value is 0.0700. The van der Waals surface area contributed by atoms with Crippen molar-refractivity contribution in [3.63, 3.8) is 0 Å². The van der Waals surface area contributed by atoms with E-state index in [0.29, 0.717) is 5.92 Å². The molecule has 4 heteroatoms. The summed E-state index contributed by atoms with van der Waals surface area (Å²) in [6, 6.07) is 0. The van der Waals surface area contributed by atoms with Crippen molar-refractivity contribution in [3.05, 3.63) is 0 Å². The highest BCUT2D eigenvalue weighted by Gasteiger charge is 2.64. The first-order valence-corrected chi connectivity index (χ1v) is 6.43. The second-order valence-corrected chi connectivity index (χ2v) is 6.26. The van der Waals surface area contributed by atoms with Crippen LogP contribution in [0.3, 0.4) is 0 Å². The molecule has 2 bridgehead atoms. The molecular formula is C10H18O3S. The average molecular weight is 218 g/mol. The molecule has 4 unspecified atom stereocenters. The van der Waals surface area contributed by atoms with Gasteiger partial charge in [0.25, 0.3) is 0 Å². The van der Waals surface area contributed by atoms with Gasteiger partial charge in [0, 0.05) is 5.41 Å². The zero-order valence-electron chi connectivity index (χ0n) is 8.69. The van der Waals surface area contributed by atoms with Crippen LogP contribution in [0.1, 0.15) is 33.1 Å². The Morgan fingerprint density at radius 3 is 2.50 bits per heavy atom. The molecule has 2 aliphatic rings. The van der Waals surface area contributed by atoms with Crippen LogP contribution in [0.15, 0.2) is 0 Å². The van der Waals surface area contributed by atoms with E-state index in [1.165, 1.54) is 0 Å². The number of rotatable bonds is 2. The fraction of sp³-hybridized carbons (Fsp3) is 1.00. The van der Waals surface area contributed by atoms with E-state index in [1.807, 2.05) is 0 Å². The van der Waals surface area contributed by atoms with Crippen molar-refractivity contribution in [2.75, 3.05) is 5.75 Å². The number of aliphatic hydroxyl groups is 1. The summed E-state index contributed by atoms with van der Waals surface area (Å²) in [4.78, 5) is 0. The van der Waals surface area contributed by atoms with Crippen molar-refractivity contribution in [3.8, 4) is 0 Å². The van der Waals surface area contributed by atoms with Gasteiger partial charge in [0.2, 0.25) is 0 Å². The summed E-state index contributed by atoms with van der Waals surface area (Å²) < 4.78 is 20.0. The van der Waals surface area contributed by atoms with Crippen LogP contribution in [-0.2, 0) is 11.1 Å². The summed E-state index contributed by atoms with van der Waals surface area (Å²) in [5.74, 6) is 0.763. The predicted molar refractivity (Wildman–Crippen MR) is 55.2 cm³/mol. The third-order valence-corrected chi connectivity index (χ3v) is 5.53. The van der Waals surface area contributed by atoms with E-state index in [1.54, 1.807) is 0 Å². The first kappa shape index (κ1) is 10.6. The van der Waals surface area contributed by atoms with Crippen LogP contribution < -0.4 is 0 Å². The normalized spacial score (nSPS) is 46.9. The smallest absolute Gasteiger partial charge is 0.153 e. The molecule has 0 heterocycles. The van der Waals surface area contributed by atoms with E-state index in [-0.39, 0.29) is 22.7 Å². The molecule has 0 aromatic carbocycles. The Morgan fingerprint density at radius 1 is 1.50 bits per heavy atom. The van der Waals surface area contributed by atoms with Crippen molar-refractivity contribution in [2.24, 2.45) is 16.7 Å². The molecule has 82 valence electrons. The molecule has 2 aliphatic carbocycles. The Morgan fingerprint density at radius 2 is 2.14 bits per heavy atom. The molecule has 0 aromatic heterocycles. The zero-order chi connectivity index (χ0) is 10.6. The first-order valence-electron chi connectivity index (χ1n) is 5.16. The summed E-state index contributed by atoms with van der Waals surface area (Å²) in [7, 11) is 0. The third kappa shape index (κ3) is 1.14. The molecule has 2 N–H and O–H groups in total. The highest BCUT2D eigenvalue weighted by atomic mass is 32.2. The minimum Gasteiger partial charge on any atom is -0.392 e. The maximum atomic E-state index is 11.0. The van der Waals surface area contributed by atoms with Crippen molar-refractivity contribution in [1.82, 2.24) is 0 Å². The van der Waals surface area contributed by atoms with E-state index in [4.69, 9.17) is 4.55 Å². The lowest BCUT2D eigenvalue weighted by Crippen LogP contribution is -2.43. The molecule has 2 fully saturated rings. The first-order chi connectivity index (χ1) is 6.40. The number of fused-ring (bicyclic) bond motifs is 2. The molecule has 4 atom stereocenters. The van der Waals surface area contributed by atoms with Crippen LogP contribution in [0.5, 0.6) is 0 Å². The van der Waals surface area contributed by atoms with E-state index in [0.717, 1.165) is 19.3 Å². The second kappa shape index (κ2) is 3.03. The highest BCUT2D eigenvalue weighted by Crippen LogP contribution is 2.65. The lowest BCUT2D eigenvalue weighted by atomic mass is 9.70. The van der Waals surface area contributed by atoms with Gasteiger partial charge in [0.05, 0.1) is 11.9 Å². The van der Waals surface area contributed by atoms with E-state index >= 15 is 0 Å². The standard InChI is InChI=1S/C10H18O3S/c1-9(2)7-3-4-10(9,6-14(12)13)8(11)5-7/h7-8,11H,3-6H2,1-2H3,(H,12,13). The summed E-state index contributed by atoms with van der Waals surface area (Å²) in [5.41, 5.74) is -0.290. The van der Waals surface area contributed by atoms with Crippen LogP contribution in [0.25, 0.3) is 0 Å². The van der Waals surface area contributed by atoms with Gasteiger partial charge in [-0.15, -0.1) is 0 Å². The molecule has 14 heavy (non-hydrogen) atoms. The number of hydrogen-bond acceptors (Lipinski definition) is 2. The van der Waals surface area contributed by atoms with Gasteiger partial charge in [0.1, 0.15) is 0 Å². The maximum absolute atomic E-state index is 11.0. The Labute approximate surface area is 87.2 Å². The summed E-state index contributed by atoms with van der Waals surface area (Å²) in [5, 5.41) is 10.0. The van der Waals surface area contributed by atoms with Gasteiger partial charge in [-0.2, -0.15) is 0 Å². The largest absolute Gasteiger partial charge is 0.392 e.